The van der Waals surface area contributed by atoms with E-state index in [-0.39, 0.29) is 11.9 Å². The lowest BCUT2D eigenvalue weighted by molar-refractivity contribution is -0.134. The Hall–Kier alpha value is -2.98. The van der Waals surface area contributed by atoms with Crippen LogP contribution in [0.25, 0.3) is 11.1 Å². The van der Waals surface area contributed by atoms with Gasteiger partial charge in [0.25, 0.3) is 0 Å². The standard InChI is InChI=1S/C25H31N5O2/c1-16-11-20(14-27-13-16)23-18(3)21(12-26)25(28-24(23)19-5-6-19)29-8-9-30(17(2)15-29)22(31)7-10-32-4/h11,13-14,17,19H,5-10,15H2,1-4H3/t17-/m1/s1. The number of piperazine rings is 1. The van der Waals surface area contributed by atoms with Crippen molar-refractivity contribution in [2.45, 2.75) is 52.0 Å². The van der Waals surface area contributed by atoms with E-state index in [4.69, 9.17) is 9.72 Å². The third-order valence-corrected chi connectivity index (χ3v) is 6.46. The number of methoxy groups -OCH3 is 1. The Morgan fingerprint density at radius 3 is 2.69 bits per heavy atom. The first-order valence-electron chi connectivity index (χ1n) is 11.3. The SMILES string of the molecule is COCCC(=O)N1CCN(c2nc(C3CC3)c(-c3cncc(C)c3)c(C)c2C#N)C[C@H]1C. The molecule has 0 N–H and O–H groups in total. The van der Waals surface area contributed by atoms with Crippen molar-refractivity contribution in [2.75, 3.05) is 38.3 Å². The fourth-order valence-electron chi connectivity index (χ4n) is 4.64. The number of aryl methyl sites for hydroxylation is 1. The Morgan fingerprint density at radius 2 is 2.06 bits per heavy atom. The lowest BCUT2D eigenvalue weighted by Gasteiger charge is -2.41. The van der Waals surface area contributed by atoms with Crippen LogP contribution in [0.2, 0.25) is 0 Å². The number of nitrogens with zero attached hydrogens (tertiary/aromatic N) is 5. The lowest BCUT2D eigenvalue weighted by Crippen LogP contribution is -2.54. The van der Waals surface area contributed by atoms with E-state index < -0.39 is 0 Å². The second kappa shape index (κ2) is 9.25. The minimum atomic E-state index is 0.0479. The van der Waals surface area contributed by atoms with Crippen molar-refractivity contribution in [1.29, 1.82) is 5.26 Å². The number of rotatable bonds is 6. The molecule has 7 nitrogen and oxygen atoms in total. The van der Waals surface area contributed by atoms with E-state index in [0.717, 1.165) is 46.6 Å². The van der Waals surface area contributed by atoms with Gasteiger partial charge in [0.2, 0.25) is 5.91 Å². The van der Waals surface area contributed by atoms with E-state index in [0.29, 0.717) is 44.1 Å². The molecule has 2 aromatic heterocycles. The maximum Gasteiger partial charge on any atom is 0.225 e. The summed E-state index contributed by atoms with van der Waals surface area (Å²) in [5.74, 6) is 1.31. The van der Waals surface area contributed by atoms with E-state index in [1.54, 1.807) is 7.11 Å². The maximum absolute atomic E-state index is 12.5. The molecule has 2 fully saturated rings. The zero-order valence-electron chi connectivity index (χ0n) is 19.4. The summed E-state index contributed by atoms with van der Waals surface area (Å²) >= 11 is 0. The largest absolute Gasteiger partial charge is 0.384 e. The molecule has 2 aliphatic rings. The number of ether oxygens (including phenoxy) is 1. The fraction of sp³-hybridized carbons (Fsp3) is 0.520. The molecule has 0 spiro atoms. The molecular weight excluding hydrogens is 402 g/mol. The van der Waals surface area contributed by atoms with Gasteiger partial charge >= 0.3 is 0 Å². The zero-order chi connectivity index (χ0) is 22.8. The monoisotopic (exact) mass is 433 g/mol. The van der Waals surface area contributed by atoms with Gasteiger partial charge in [-0.3, -0.25) is 9.78 Å². The van der Waals surface area contributed by atoms with Gasteiger partial charge in [0.1, 0.15) is 11.9 Å². The van der Waals surface area contributed by atoms with Crippen LogP contribution in [0.15, 0.2) is 18.5 Å². The summed E-state index contributed by atoms with van der Waals surface area (Å²) in [6.45, 7) is 8.51. The lowest BCUT2D eigenvalue weighted by atomic mass is 9.93. The van der Waals surface area contributed by atoms with E-state index in [1.165, 1.54) is 0 Å². The predicted molar refractivity (Wildman–Crippen MR) is 124 cm³/mol. The van der Waals surface area contributed by atoms with Crippen LogP contribution >= 0.6 is 0 Å². The summed E-state index contributed by atoms with van der Waals surface area (Å²) in [6.07, 6.45) is 6.37. The van der Waals surface area contributed by atoms with Crippen LogP contribution < -0.4 is 4.90 Å². The molecule has 0 bridgehead atoms. The van der Waals surface area contributed by atoms with Gasteiger partial charge in [0.15, 0.2) is 0 Å². The van der Waals surface area contributed by atoms with Crippen LogP contribution in [-0.2, 0) is 9.53 Å². The van der Waals surface area contributed by atoms with Crippen LogP contribution in [-0.4, -0.2) is 60.2 Å². The molecule has 1 saturated heterocycles. The van der Waals surface area contributed by atoms with Crippen molar-refractivity contribution >= 4 is 11.7 Å². The van der Waals surface area contributed by atoms with E-state index in [2.05, 4.69) is 28.9 Å². The fourth-order valence-corrected chi connectivity index (χ4v) is 4.64. The Kier molecular flexibility index (Phi) is 6.43. The number of carbonyl (C=O) groups is 1. The smallest absolute Gasteiger partial charge is 0.225 e. The molecule has 0 aromatic carbocycles. The van der Waals surface area contributed by atoms with Crippen molar-refractivity contribution in [2.24, 2.45) is 0 Å². The molecule has 32 heavy (non-hydrogen) atoms. The molecule has 1 aliphatic carbocycles. The van der Waals surface area contributed by atoms with Gasteiger partial charge in [0.05, 0.1) is 24.3 Å². The Bertz CT molecular complexity index is 1060. The molecule has 1 atom stereocenters. The van der Waals surface area contributed by atoms with E-state index in [9.17, 15) is 10.1 Å². The quantitative estimate of drug-likeness (QED) is 0.692. The minimum Gasteiger partial charge on any atom is -0.384 e. The predicted octanol–water partition coefficient (Wildman–Crippen LogP) is 3.58. The molecule has 1 saturated carbocycles. The van der Waals surface area contributed by atoms with Crippen molar-refractivity contribution in [3.05, 3.63) is 40.8 Å². The summed E-state index contributed by atoms with van der Waals surface area (Å²) in [6, 6.07) is 4.60. The third-order valence-electron chi connectivity index (χ3n) is 6.46. The number of aromatic nitrogens is 2. The zero-order valence-corrected chi connectivity index (χ0v) is 19.4. The Morgan fingerprint density at radius 1 is 1.28 bits per heavy atom. The molecule has 4 rings (SSSR count). The molecule has 2 aromatic rings. The molecule has 1 amide bonds. The highest BCUT2D eigenvalue weighted by atomic mass is 16.5. The molecular formula is C25H31N5O2. The topological polar surface area (TPSA) is 82.3 Å². The second-order valence-corrected chi connectivity index (χ2v) is 8.96. The van der Waals surface area contributed by atoms with E-state index in [1.807, 2.05) is 31.1 Å². The Balaban J connectivity index is 1.69. The Labute approximate surface area is 190 Å². The van der Waals surface area contributed by atoms with Gasteiger partial charge in [-0.15, -0.1) is 0 Å². The molecule has 3 heterocycles. The highest BCUT2D eigenvalue weighted by Crippen LogP contribution is 2.46. The molecule has 0 radical (unpaired) electrons. The van der Waals surface area contributed by atoms with Crippen molar-refractivity contribution < 1.29 is 9.53 Å². The third kappa shape index (κ3) is 4.33. The van der Waals surface area contributed by atoms with E-state index >= 15 is 0 Å². The minimum absolute atomic E-state index is 0.0479. The number of amides is 1. The van der Waals surface area contributed by atoms with Crippen LogP contribution in [0, 0.1) is 25.2 Å². The van der Waals surface area contributed by atoms with Gasteiger partial charge in [0, 0.05) is 62.2 Å². The van der Waals surface area contributed by atoms with Gasteiger partial charge in [-0.2, -0.15) is 5.26 Å². The van der Waals surface area contributed by atoms with Gasteiger partial charge in [-0.1, -0.05) is 0 Å². The van der Waals surface area contributed by atoms with Crippen LogP contribution in [0.3, 0.4) is 0 Å². The summed E-state index contributed by atoms with van der Waals surface area (Å²) in [5.41, 5.74) is 5.85. The number of hydrogen-bond donors (Lipinski definition) is 0. The number of hydrogen-bond acceptors (Lipinski definition) is 6. The summed E-state index contributed by atoms with van der Waals surface area (Å²) in [5, 5.41) is 10.1. The van der Waals surface area contributed by atoms with Gasteiger partial charge < -0.3 is 14.5 Å². The van der Waals surface area contributed by atoms with Crippen LogP contribution in [0.1, 0.15) is 54.5 Å². The maximum atomic E-state index is 12.5. The highest BCUT2D eigenvalue weighted by Gasteiger charge is 2.34. The molecule has 168 valence electrons. The normalized spacial score (nSPS) is 18.5. The average molecular weight is 434 g/mol. The number of pyridine rings is 2. The van der Waals surface area contributed by atoms with Crippen LogP contribution in [0.5, 0.6) is 0 Å². The first-order valence-corrected chi connectivity index (χ1v) is 11.3. The summed E-state index contributed by atoms with van der Waals surface area (Å²) < 4.78 is 5.06. The molecule has 1 aliphatic heterocycles. The van der Waals surface area contributed by atoms with Gasteiger partial charge in [-0.05, 0) is 50.8 Å². The average Bonchev–Trinajstić information content (AvgIpc) is 3.62. The van der Waals surface area contributed by atoms with Crippen molar-refractivity contribution in [1.82, 2.24) is 14.9 Å². The second-order valence-electron chi connectivity index (χ2n) is 8.96. The first kappa shape index (κ1) is 22.2. The van der Waals surface area contributed by atoms with Gasteiger partial charge in [-0.25, -0.2) is 4.98 Å². The van der Waals surface area contributed by atoms with Crippen molar-refractivity contribution in [3.8, 4) is 17.2 Å². The van der Waals surface area contributed by atoms with Crippen LogP contribution in [0.4, 0.5) is 5.82 Å². The summed E-state index contributed by atoms with van der Waals surface area (Å²) in [7, 11) is 1.61. The summed E-state index contributed by atoms with van der Waals surface area (Å²) in [4.78, 5) is 26.1. The highest BCUT2D eigenvalue weighted by molar-refractivity contribution is 5.78. The van der Waals surface area contributed by atoms with Crippen molar-refractivity contribution in [3.63, 3.8) is 0 Å². The first-order chi connectivity index (χ1) is 15.4. The number of carbonyl (C=O) groups excluding carboxylic acids is 1. The molecule has 7 heteroatoms. The molecule has 0 unspecified atom stereocenters. The number of anilines is 1. The number of nitriles is 1.